The molecule has 0 radical (unpaired) electrons. The number of carbonyl (C=O) groups is 1. The topological polar surface area (TPSA) is 125 Å². The number of fused-ring (bicyclic) bond motifs is 3. The minimum absolute atomic E-state index is 0.123. The van der Waals surface area contributed by atoms with Gasteiger partial charge in [-0.05, 0) is 61.1 Å². The Morgan fingerprint density at radius 2 is 1.68 bits per heavy atom. The van der Waals surface area contributed by atoms with Crippen molar-refractivity contribution in [3.63, 3.8) is 0 Å². The van der Waals surface area contributed by atoms with Gasteiger partial charge >= 0.3 is 6.09 Å². The SMILES string of the molecule is Cc1cc2ncc3cc(-c4ccccc4)c(-c4ccc(CN5CCC(OC(=O)NCCc6ccc(O)c(O)c6)CC5)cc4)nc3n2n1. The van der Waals surface area contributed by atoms with Crippen molar-refractivity contribution in [1.82, 2.24) is 29.8 Å². The van der Waals surface area contributed by atoms with Crippen LogP contribution in [0.5, 0.6) is 11.5 Å². The molecule has 1 saturated heterocycles. The number of phenolic OH excluding ortho intramolecular Hbond substituents is 2. The number of piperidine rings is 1. The largest absolute Gasteiger partial charge is 0.504 e. The van der Waals surface area contributed by atoms with Gasteiger partial charge in [0.15, 0.2) is 22.8 Å². The number of carbonyl (C=O) groups excluding carboxylic acids is 1. The number of pyridine rings is 1. The molecule has 3 aromatic carbocycles. The number of hydrogen-bond acceptors (Lipinski definition) is 8. The molecule has 47 heavy (non-hydrogen) atoms. The van der Waals surface area contributed by atoms with E-state index >= 15 is 0 Å². The molecule has 0 saturated carbocycles. The van der Waals surface area contributed by atoms with Crippen LogP contribution in [-0.2, 0) is 17.7 Å². The molecule has 10 heteroatoms. The fourth-order valence-electron chi connectivity index (χ4n) is 6.15. The van der Waals surface area contributed by atoms with Crippen molar-refractivity contribution < 1.29 is 19.7 Å². The molecule has 0 atom stereocenters. The molecular formula is C37H36N6O4. The molecule has 6 aromatic rings. The number of aromatic nitrogens is 4. The average Bonchev–Trinajstić information content (AvgIpc) is 3.48. The summed E-state index contributed by atoms with van der Waals surface area (Å²) in [7, 11) is 0. The van der Waals surface area contributed by atoms with E-state index in [1.807, 2.05) is 41.9 Å². The van der Waals surface area contributed by atoms with Crippen LogP contribution in [0.2, 0.25) is 0 Å². The number of benzene rings is 3. The molecule has 7 rings (SSSR count). The number of aryl methyl sites for hydroxylation is 1. The summed E-state index contributed by atoms with van der Waals surface area (Å²) in [5, 5.41) is 27.4. The van der Waals surface area contributed by atoms with Crippen molar-refractivity contribution >= 4 is 22.8 Å². The summed E-state index contributed by atoms with van der Waals surface area (Å²) in [5.74, 6) is -0.332. The van der Waals surface area contributed by atoms with Crippen molar-refractivity contribution in [2.45, 2.75) is 38.8 Å². The molecule has 0 aliphatic carbocycles. The monoisotopic (exact) mass is 628 g/mol. The number of rotatable bonds is 8. The number of hydrogen-bond donors (Lipinski definition) is 3. The van der Waals surface area contributed by atoms with Crippen LogP contribution in [-0.4, -0.2) is 66.5 Å². The summed E-state index contributed by atoms with van der Waals surface area (Å²) in [6.45, 7) is 4.83. The molecule has 0 spiro atoms. The molecule has 0 unspecified atom stereocenters. The third-order valence-corrected chi connectivity index (χ3v) is 8.63. The van der Waals surface area contributed by atoms with Gasteiger partial charge in [0, 0.05) is 55.0 Å². The lowest BCUT2D eigenvalue weighted by Gasteiger charge is -2.31. The summed E-state index contributed by atoms with van der Waals surface area (Å²) in [6, 6.07) is 27.7. The second kappa shape index (κ2) is 13.1. The predicted molar refractivity (Wildman–Crippen MR) is 180 cm³/mol. The van der Waals surface area contributed by atoms with E-state index in [2.05, 4.69) is 62.8 Å². The minimum Gasteiger partial charge on any atom is -0.504 e. The quantitative estimate of drug-likeness (QED) is 0.169. The Bertz CT molecular complexity index is 2040. The number of nitrogens with zero attached hydrogens (tertiary/aromatic N) is 5. The fraction of sp³-hybridized carbons (Fsp3) is 0.243. The van der Waals surface area contributed by atoms with E-state index in [1.54, 1.807) is 6.07 Å². The normalized spacial score (nSPS) is 14.1. The Labute approximate surface area is 272 Å². The van der Waals surface area contributed by atoms with Crippen LogP contribution >= 0.6 is 0 Å². The fourth-order valence-corrected chi connectivity index (χ4v) is 6.15. The second-order valence-electron chi connectivity index (χ2n) is 12.1. The number of alkyl carbamates (subject to hydrolysis) is 1. The molecule has 3 aromatic heterocycles. The number of likely N-dealkylation sites (tertiary alicyclic amines) is 1. The van der Waals surface area contributed by atoms with Crippen molar-refractivity contribution in [3.8, 4) is 33.9 Å². The molecule has 1 amide bonds. The second-order valence-corrected chi connectivity index (χ2v) is 12.1. The van der Waals surface area contributed by atoms with E-state index in [0.717, 1.165) is 82.8 Å². The number of aromatic hydroxyl groups is 2. The first-order chi connectivity index (χ1) is 22.9. The van der Waals surface area contributed by atoms with Gasteiger partial charge in [-0.3, -0.25) is 4.90 Å². The van der Waals surface area contributed by atoms with Gasteiger partial charge in [-0.25, -0.2) is 14.8 Å². The highest BCUT2D eigenvalue weighted by atomic mass is 16.6. The summed E-state index contributed by atoms with van der Waals surface area (Å²) in [5.41, 5.74) is 8.54. The zero-order chi connectivity index (χ0) is 32.3. The first kappa shape index (κ1) is 30.2. The summed E-state index contributed by atoms with van der Waals surface area (Å²) >= 11 is 0. The van der Waals surface area contributed by atoms with Crippen molar-refractivity contribution in [2.75, 3.05) is 19.6 Å². The Kier molecular flexibility index (Phi) is 8.41. The van der Waals surface area contributed by atoms with E-state index in [-0.39, 0.29) is 17.6 Å². The molecule has 238 valence electrons. The highest BCUT2D eigenvalue weighted by Crippen LogP contribution is 2.34. The molecule has 0 bridgehead atoms. The highest BCUT2D eigenvalue weighted by Gasteiger charge is 2.22. The Morgan fingerprint density at radius 3 is 2.45 bits per heavy atom. The van der Waals surface area contributed by atoms with Crippen molar-refractivity contribution in [2.24, 2.45) is 0 Å². The standard InChI is InChI=1S/C37H36N6O4/c1-24-19-34-39-22-29-21-31(27-5-3-2-4-6-27)35(40-36(29)43(34)41-24)28-10-7-26(8-11-28)23-42-17-14-30(15-18-42)47-37(46)38-16-13-25-9-12-32(44)33(45)20-25/h2-12,19-22,30,44-45H,13-18,23H2,1H3,(H,38,46). The lowest BCUT2D eigenvalue weighted by molar-refractivity contribution is 0.0488. The van der Waals surface area contributed by atoms with E-state index in [0.29, 0.717) is 13.0 Å². The van der Waals surface area contributed by atoms with Gasteiger partial charge < -0.3 is 20.3 Å². The van der Waals surface area contributed by atoms with Gasteiger partial charge in [0.05, 0.1) is 11.4 Å². The van der Waals surface area contributed by atoms with Crippen LogP contribution in [0.25, 0.3) is 39.1 Å². The Balaban J connectivity index is 0.984. The molecule has 1 fully saturated rings. The predicted octanol–water partition coefficient (Wildman–Crippen LogP) is 6.26. The van der Waals surface area contributed by atoms with E-state index in [1.165, 1.54) is 17.7 Å². The third-order valence-electron chi connectivity index (χ3n) is 8.63. The van der Waals surface area contributed by atoms with Crippen LogP contribution in [0.3, 0.4) is 0 Å². The number of amides is 1. The number of nitrogens with one attached hydrogen (secondary N) is 1. The van der Waals surface area contributed by atoms with Crippen molar-refractivity contribution in [3.05, 3.63) is 108 Å². The molecule has 3 N–H and O–H groups in total. The summed E-state index contributed by atoms with van der Waals surface area (Å²) < 4.78 is 7.48. The van der Waals surface area contributed by atoms with E-state index < -0.39 is 6.09 Å². The summed E-state index contributed by atoms with van der Waals surface area (Å²) in [6.07, 6.45) is 3.38. The smallest absolute Gasteiger partial charge is 0.407 e. The van der Waals surface area contributed by atoms with Gasteiger partial charge in [-0.1, -0.05) is 60.7 Å². The molecule has 4 heterocycles. The zero-order valence-corrected chi connectivity index (χ0v) is 26.1. The number of ether oxygens (including phenoxy) is 1. The van der Waals surface area contributed by atoms with Crippen LogP contribution in [0.15, 0.2) is 91.1 Å². The number of phenols is 2. The Hall–Kier alpha value is -5.48. The van der Waals surface area contributed by atoms with Crippen LogP contribution < -0.4 is 5.32 Å². The Morgan fingerprint density at radius 1 is 0.915 bits per heavy atom. The first-order valence-corrected chi connectivity index (χ1v) is 15.9. The van der Waals surface area contributed by atoms with Crippen LogP contribution in [0, 0.1) is 6.92 Å². The molecule has 10 nitrogen and oxygen atoms in total. The molecule has 1 aliphatic rings. The van der Waals surface area contributed by atoms with Gasteiger partial charge in [-0.15, -0.1) is 0 Å². The maximum Gasteiger partial charge on any atom is 0.407 e. The van der Waals surface area contributed by atoms with E-state index in [9.17, 15) is 15.0 Å². The maximum absolute atomic E-state index is 12.3. The lowest BCUT2D eigenvalue weighted by Crippen LogP contribution is -2.39. The maximum atomic E-state index is 12.3. The first-order valence-electron chi connectivity index (χ1n) is 15.9. The van der Waals surface area contributed by atoms with Gasteiger partial charge in [-0.2, -0.15) is 9.61 Å². The summed E-state index contributed by atoms with van der Waals surface area (Å²) in [4.78, 5) is 24.5. The van der Waals surface area contributed by atoms with Crippen LogP contribution in [0.4, 0.5) is 4.79 Å². The van der Waals surface area contributed by atoms with Gasteiger partial charge in [0.25, 0.3) is 0 Å². The van der Waals surface area contributed by atoms with Gasteiger partial charge in [0.2, 0.25) is 0 Å². The molecular weight excluding hydrogens is 592 g/mol. The highest BCUT2D eigenvalue weighted by molar-refractivity contribution is 5.90. The van der Waals surface area contributed by atoms with E-state index in [4.69, 9.17) is 9.72 Å². The van der Waals surface area contributed by atoms with Crippen LogP contribution in [0.1, 0.15) is 29.7 Å². The zero-order valence-electron chi connectivity index (χ0n) is 26.1. The van der Waals surface area contributed by atoms with Gasteiger partial charge in [0.1, 0.15) is 6.10 Å². The van der Waals surface area contributed by atoms with Crippen molar-refractivity contribution in [1.29, 1.82) is 0 Å². The molecule has 1 aliphatic heterocycles. The lowest BCUT2D eigenvalue weighted by atomic mass is 9.97. The minimum atomic E-state index is -0.432. The average molecular weight is 629 g/mol. The third kappa shape index (κ3) is 6.73.